The van der Waals surface area contributed by atoms with Gasteiger partial charge in [-0.2, -0.15) is 5.12 Å². The van der Waals surface area contributed by atoms with Gasteiger partial charge in [0.1, 0.15) is 12.7 Å². The number of hydrogen-bond acceptors (Lipinski definition) is 8. The zero-order valence-electron chi connectivity index (χ0n) is 16.4. The van der Waals surface area contributed by atoms with Crippen molar-refractivity contribution in [2.24, 2.45) is 0 Å². The number of aliphatic hydroxyl groups is 1. The van der Waals surface area contributed by atoms with Crippen LogP contribution in [0.15, 0.2) is 35.2 Å². The Bertz CT molecular complexity index is 1120. The third kappa shape index (κ3) is 6.03. The molecule has 0 saturated heterocycles. The number of fused-ring (bicyclic) bond motifs is 1. The maximum Gasteiger partial charge on any atom is 0.254 e. The molecule has 1 aliphatic rings. The van der Waals surface area contributed by atoms with Gasteiger partial charge in [-0.3, -0.25) is 4.21 Å². The van der Waals surface area contributed by atoms with E-state index in [1.54, 1.807) is 25.2 Å². The lowest BCUT2D eigenvalue weighted by atomic mass is 10.2. The Kier molecular flexibility index (Phi) is 8.25. The molecule has 10 nitrogen and oxygen atoms in total. The number of rotatable bonds is 8. The van der Waals surface area contributed by atoms with Crippen molar-refractivity contribution in [2.75, 3.05) is 24.9 Å². The van der Waals surface area contributed by atoms with Gasteiger partial charge in [0.15, 0.2) is 5.75 Å². The summed E-state index contributed by atoms with van der Waals surface area (Å²) in [5.41, 5.74) is 0.285. The normalized spacial score (nSPS) is 17.6. The average molecular weight is 545 g/mol. The zero-order valence-corrected chi connectivity index (χ0v) is 20.3. The summed E-state index contributed by atoms with van der Waals surface area (Å²) in [6, 6.07) is 7.37. The molecule has 0 aliphatic carbocycles. The summed E-state index contributed by atoms with van der Waals surface area (Å²) >= 11 is 15.5. The molecule has 3 N–H and O–H groups in total. The fourth-order valence-electron chi connectivity index (χ4n) is 2.96. The molecule has 2 unspecified atom stereocenters. The van der Waals surface area contributed by atoms with E-state index in [0.717, 1.165) is 6.07 Å². The number of halogens is 3. The van der Waals surface area contributed by atoms with Crippen LogP contribution in [0.2, 0.25) is 15.1 Å². The summed E-state index contributed by atoms with van der Waals surface area (Å²) in [7, 11) is -2.46. The minimum atomic E-state index is -4.03. The SMILES string of the molecule is CN(CC(O)COc1c(Cl)cccc1Cl)N1Cc2cc(Cl)c(NS(=O)[O-])cc2S(=O)(=O)N1. The zero-order chi connectivity index (χ0) is 23.6. The van der Waals surface area contributed by atoms with Crippen LogP contribution in [0, 0.1) is 0 Å². The van der Waals surface area contributed by atoms with E-state index in [4.69, 9.17) is 39.5 Å². The third-order valence-electron chi connectivity index (χ3n) is 4.40. The predicted octanol–water partition coefficient (Wildman–Crippen LogP) is 2.15. The van der Waals surface area contributed by atoms with Crippen LogP contribution in [0.5, 0.6) is 5.75 Å². The van der Waals surface area contributed by atoms with Crippen molar-refractivity contribution in [3.05, 3.63) is 51.0 Å². The molecule has 0 radical (unpaired) electrons. The number of aliphatic hydroxyl groups excluding tert-OH is 1. The smallest absolute Gasteiger partial charge is 0.254 e. The molecule has 0 bridgehead atoms. The van der Waals surface area contributed by atoms with Crippen molar-refractivity contribution in [3.8, 4) is 5.75 Å². The van der Waals surface area contributed by atoms with Crippen molar-refractivity contribution < 1.29 is 27.0 Å². The van der Waals surface area contributed by atoms with E-state index in [0.29, 0.717) is 15.6 Å². The van der Waals surface area contributed by atoms with Crippen LogP contribution in [-0.4, -0.2) is 58.7 Å². The minimum Gasteiger partial charge on any atom is -0.755 e. The van der Waals surface area contributed by atoms with Crippen molar-refractivity contribution >= 4 is 61.8 Å². The molecule has 1 aliphatic heterocycles. The standard InChI is InChI=1S/C17H19Cl3N4O6S2/c1-23(8-11(25)9-30-17-12(18)3-2-4-13(17)19)24-7-10-5-14(20)15(21-31(26)27)6-16(10)32(28,29)22-24/h2-6,11,21-22,25H,7-9H2,1H3,(H,26,27)/p-1. The van der Waals surface area contributed by atoms with Gasteiger partial charge in [0.05, 0.1) is 32.2 Å². The molecule has 1 heterocycles. The average Bonchev–Trinajstić information content (AvgIpc) is 2.67. The lowest BCUT2D eigenvalue weighted by Gasteiger charge is -2.36. The van der Waals surface area contributed by atoms with Gasteiger partial charge in [0.25, 0.3) is 10.0 Å². The van der Waals surface area contributed by atoms with Crippen LogP contribution >= 0.6 is 34.8 Å². The number of nitrogens with one attached hydrogen (secondary N) is 2. The van der Waals surface area contributed by atoms with Gasteiger partial charge < -0.3 is 19.1 Å². The molecule has 15 heteroatoms. The predicted molar refractivity (Wildman–Crippen MR) is 120 cm³/mol. The molecule has 176 valence electrons. The fourth-order valence-corrected chi connectivity index (χ4v) is 5.43. The third-order valence-corrected chi connectivity index (χ3v) is 7.11. The second-order valence-corrected chi connectivity index (χ2v) is 10.3. The van der Waals surface area contributed by atoms with Crippen LogP contribution < -0.4 is 14.3 Å². The summed E-state index contributed by atoms with van der Waals surface area (Å²) < 4.78 is 54.7. The molecule has 0 spiro atoms. The van der Waals surface area contributed by atoms with Gasteiger partial charge in [-0.15, -0.1) is 4.83 Å². The Morgan fingerprint density at radius 3 is 2.59 bits per heavy atom. The fraction of sp³-hybridized carbons (Fsp3) is 0.294. The molecule has 3 rings (SSSR count). The highest BCUT2D eigenvalue weighted by Crippen LogP contribution is 2.33. The second kappa shape index (κ2) is 10.4. The Balaban J connectivity index is 1.69. The van der Waals surface area contributed by atoms with E-state index in [-0.39, 0.29) is 41.1 Å². The van der Waals surface area contributed by atoms with Crippen LogP contribution in [0.4, 0.5) is 5.69 Å². The van der Waals surface area contributed by atoms with E-state index < -0.39 is 27.4 Å². The van der Waals surface area contributed by atoms with Crippen LogP contribution in [0.1, 0.15) is 5.56 Å². The first kappa shape index (κ1) is 25.4. The molecule has 2 atom stereocenters. The van der Waals surface area contributed by atoms with Gasteiger partial charge in [0, 0.05) is 24.9 Å². The Morgan fingerprint density at radius 1 is 1.31 bits per heavy atom. The summed E-state index contributed by atoms with van der Waals surface area (Å²) in [6.07, 6.45) is -1.01. The first-order chi connectivity index (χ1) is 15.0. The number of anilines is 1. The van der Waals surface area contributed by atoms with Crippen molar-refractivity contribution in [3.63, 3.8) is 0 Å². The summed E-state index contributed by atoms with van der Waals surface area (Å²) in [5.74, 6) is 0.239. The molecule has 0 saturated carbocycles. The van der Waals surface area contributed by atoms with Crippen molar-refractivity contribution in [1.29, 1.82) is 0 Å². The molecular weight excluding hydrogens is 527 g/mol. The molecule has 2 aromatic rings. The highest BCUT2D eigenvalue weighted by molar-refractivity contribution is 7.89. The number of ether oxygens (including phenoxy) is 1. The van der Waals surface area contributed by atoms with E-state index in [1.165, 1.54) is 16.2 Å². The highest BCUT2D eigenvalue weighted by Gasteiger charge is 2.32. The van der Waals surface area contributed by atoms with E-state index in [2.05, 4.69) is 9.55 Å². The van der Waals surface area contributed by atoms with Crippen LogP contribution in [0.25, 0.3) is 0 Å². The molecule has 0 amide bonds. The van der Waals surface area contributed by atoms with Gasteiger partial charge in [0.2, 0.25) is 0 Å². The Morgan fingerprint density at radius 2 is 1.97 bits per heavy atom. The molecule has 0 fully saturated rings. The highest BCUT2D eigenvalue weighted by atomic mass is 35.5. The first-order valence-electron chi connectivity index (χ1n) is 8.92. The molecule has 0 aromatic heterocycles. The van der Waals surface area contributed by atoms with Crippen molar-refractivity contribution in [1.82, 2.24) is 15.0 Å². The lowest BCUT2D eigenvalue weighted by Crippen LogP contribution is -2.55. The topological polar surface area (TPSA) is 134 Å². The van der Waals surface area contributed by atoms with E-state index in [9.17, 15) is 22.3 Å². The number of sulfonamides is 1. The van der Waals surface area contributed by atoms with Gasteiger partial charge in [-0.25, -0.2) is 13.4 Å². The van der Waals surface area contributed by atoms with Gasteiger partial charge in [-0.1, -0.05) is 40.9 Å². The maximum absolute atomic E-state index is 12.7. The van der Waals surface area contributed by atoms with Crippen molar-refractivity contribution in [2.45, 2.75) is 17.5 Å². The molecular formula is C17H18Cl3N4O6S2-. The first-order valence-corrected chi connectivity index (χ1v) is 12.6. The quantitative estimate of drug-likeness (QED) is 0.431. The van der Waals surface area contributed by atoms with Crippen LogP contribution in [-0.2, 0) is 27.8 Å². The minimum absolute atomic E-state index is 0.00244. The number of likely N-dealkylation sites (N-methyl/N-ethyl adjacent to an activating group) is 1. The largest absolute Gasteiger partial charge is 0.755 e. The monoisotopic (exact) mass is 543 g/mol. The van der Waals surface area contributed by atoms with E-state index in [1.807, 2.05) is 0 Å². The lowest BCUT2D eigenvalue weighted by molar-refractivity contribution is -0.0669. The van der Waals surface area contributed by atoms with Gasteiger partial charge >= 0.3 is 0 Å². The second-order valence-electron chi connectivity index (χ2n) is 6.78. The number of hydrogen-bond donors (Lipinski definition) is 3. The van der Waals surface area contributed by atoms with Gasteiger partial charge in [-0.05, 0) is 29.8 Å². The summed E-state index contributed by atoms with van der Waals surface area (Å²) in [5, 5.41) is 13.7. The molecule has 2 aromatic carbocycles. The summed E-state index contributed by atoms with van der Waals surface area (Å²) in [4.78, 5) is 2.24. The maximum atomic E-state index is 12.7. The Hall–Kier alpha value is -1.19. The Labute approximate surface area is 202 Å². The number of benzene rings is 2. The number of nitrogens with zero attached hydrogens (tertiary/aromatic N) is 2. The number of para-hydroxylation sites is 1. The van der Waals surface area contributed by atoms with E-state index >= 15 is 0 Å². The van der Waals surface area contributed by atoms with Crippen LogP contribution in [0.3, 0.4) is 0 Å². The number of hydrazine groups is 2. The summed E-state index contributed by atoms with van der Waals surface area (Å²) in [6.45, 7) is -0.0595. The molecule has 32 heavy (non-hydrogen) atoms.